The summed E-state index contributed by atoms with van der Waals surface area (Å²) in [5, 5.41) is 25.1. The minimum atomic E-state index is -0.277. The van der Waals surface area contributed by atoms with Crippen LogP contribution in [0.3, 0.4) is 0 Å². The van der Waals surface area contributed by atoms with E-state index in [0.29, 0.717) is 35.1 Å². The van der Waals surface area contributed by atoms with Crippen LogP contribution >= 0.6 is 11.3 Å². The number of aliphatic hydroxyl groups excluding tert-OH is 1. The lowest BCUT2D eigenvalue weighted by molar-refractivity contribution is 0.0689. The van der Waals surface area contributed by atoms with Crippen molar-refractivity contribution >= 4 is 16.3 Å². The molecule has 0 spiro atoms. The van der Waals surface area contributed by atoms with Gasteiger partial charge in [-0.15, -0.1) is 5.10 Å². The van der Waals surface area contributed by atoms with Gasteiger partial charge in [0.05, 0.1) is 31.2 Å². The van der Waals surface area contributed by atoms with Gasteiger partial charge >= 0.3 is 0 Å². The van der Waals surface area contributed by atoms with Crippen molar-refractivity contribution in [2.24, 2.45) is 0 Å². The Morgan fingerprint density at radius 1 is 1.18 bits per heavy atom. The summed E-state index contributed by atoms with van der Waals surface area (Å²) in [5.74, 6) is 2.02. The van der Waals surface area contributed by atoms with Crippen molar-refractivity contribution in [1.29, 1.82) is 0 Å². The highest BCUT2D eigenvalue weighted by Gasteiger charge is 2.32. The van der Waals surface area contributed by atoms with Gasteiger partial charge in [-0.1, -0.05) is 17.4 Å². The molecule has 0 bridgehead atoms. The van der Waals surface area contributed by atoms with Crippen LogP contribution in [0.5, 0.6) is 17.4 Å². The zero-order valence-electron chi connectivity index (χ0n) is 16.1. The molecule has 1 saturated heterocycles. The molecular formula is C19H24N4O4S. The molecule has 8 nitrogen and oxygen atoms in total. The molecule has 1 atom stereocenters. The van der Waals surface area contributed by atoms with Crippen LogP contribution in [-0.2, 0) is 0 Å². The Hall–Kier alpha value is -2.36. The van der Waals surface area contributed by atoms with Crippen LogP contribution in [0.4, 0.5) is 0 Å². The maximum Gasteiger partial charge on any atom is 0.230 e. The van der Waals surface area contributed by atoms with Crippen molar-refractivity contribution < 1.29 is 19.7 Å². The van der Waals surface area contributed by atoms with E-state index < -0.39 is 0 Å². The molecule has 0 amide bonds. The number of piperidine rings is 1. The first kappa shape index (κ1) is 19.0. The Labute approximate surface area is 167 Å². The van der Waals surface area contributed by atoms with Crippen LogP contribution in [0.1, 0.15) is 35.1 Å². The molecule has 1 fully saturated rings. The number of hydrogen-bond donors (Lipinski definition) is 2. The molecule has 28 heavy (non-hydrogen) atoms. The lowest BCUT2D eigenvalue weighted by Crippen LogP contribution is -2.38. The molecule has 1 aliphatic heterocycles. The molecule has 4 rings (SSSR count). The lowest BCUT2D eigenvalue weighted by atomic mass is 9.99. The largest absolute Gasteiger partial charge is 0.493 e. The van der Waals surface area contributed by atoms with Crippen LogP contribution in [-0.4, -0.2) is 63.1 Å². The second-order valence-corrected chi connectivity index (χ2v) is 7.94. The van der Waals surface area contributed by atoms with E-state index in [9.17, 15) is 10.2 Å². The Bertz CT molecular complexity index is 978. The molecular weight excluding hydrogens is 380 g/mol. The topological polar surface area (TPSA) is 92.4 Å². The maximum absolute atomic E-state index is 10.9. The number of ether oxygens (including phenoxy) is 2. The van der Waals surface area contributed by atoms with Gasteiger partial charge in [-0.2, -0.15) is 4.52 Å². The zero-order valence-corrected chi connectivity index (χ0v) is 16.9. The molecule has 3 heterocycles. The average Bonchev–Trinajstić information content (AvgIpc) is 3.21. The number of benzene rings is 1. The minimum absolute atomic E-state index is 0.103. The Morgan fingerprint density at radius 2 is 1.89 bits per heavy atom. The zero-order chi connectivity index (χ0) is 19.8. The smallest absolute Gasteiger partial charge is 0.230 e. The van der Waals surface area contributed by atoms with Crippen molar-refractivity contribution in [3.63, 3.8) is 0 Å². The summed E-state index contributed by atoms with van der Waals surface area (Å²) < 4.78 is 12.3. The van der Waals surface area contributed by atoms with Crippen molar-refractivity contribution in [3.05, 3.63) is 34.5 Å². The van der Waals surface area contributed by atoms with E-state index in [4.69, 9.17) is 9.47 Å². The monoisotopic (exact) mass is 404 g/mol. The third-order valence-electron chi connectivity index (χ3n) is 5.14. The molecule has 2 N–H and O–H groups in total. The third-order valence-corrected chi connectivity index (χ3v) is 6.21. The highest BCUT2D eigenvalue weighted by molar-refractivity contribution is 7.17. The van der Waals surface area contributed by atoms with E-state index in [-0.39, 0.29) is 18.0 Å². The standard InChI is InChI=1S/C19H24N4O4S/c1-11-20-19-23(21-11)18(25)17(28-19)16(22-8-6-13(24)7-9-22)12-4-5-14(26-2)15(10-12)27-3/h4-5,10,13,16,24-25H,6-9H2,1-3H3. The lowest BCUT2D eigenvalue weighted by Gasteiger charge is -2.36. The maximum atomic E-state index is 10.9. The van der Waals surface area contributed by atoms with Gasteiger partial charge in [0.25, 0.3) is 0 Å². The summed E-state index contributed by atoms with van der Waals surface area (Å²) in [7, 11) is 3.21. The number of nitrogens with zero attached hydrogens (tertiary/aromatic N) is 4. The molecule has 1 aromatic carbocycles. The number of hydrogen-bond acceptors (Lipinski definition) is 8. The van der Waals surface area contributed by atoms with Gasteiger partial charge in [0.15, 0.2) is 11.5 Å². The number of aryl methyl sites for hydroxylation is 1. The van der Waals surface area contributed by atoms with Crippen LogP contribution in [0.2, 0.25) is 0 Å². The number of thiazole rings is 1. The molecule has 0 radical (unpaired) electrons. The SMILES string of the molecule is COc1ccc(C(c2sc3nc(C)nn3c2O)N2CCC(O)CC2)cc1OC. The van der Waals surface area contributed by atoms with Crippen LogP contribution in [0.15, 0.2) is 18.2 Å². The van der Waals surface area contributed by atoms with Gasteiger partial charge in [-0.05, 0) is 37.5 Å². The number of aromatic hydroxyl groups is 1. The van der Waals surface area contributed by atoms with E-state index in [0.717, 1.165) is 23.5 Å². The minimum Gasteiger partial charge on any atom is -0.493 e. The fourth-order valence-corrected chi connectivity index (χ4v) is 4.88. The fourth-order valence-electron chi connectivity index (χ4n) is 3.72. The molecule has 1 unspecified atom stereocenters. The van der Waals surface area contributed by atoms with Gasteiger partial charge in [0, 0.05) is 13.1 Å². The average molecular weight is 404 g/mol. The summed E-state index contributed by atoms with van der Waals surface area (Å²) >= 11 is 1.43. The molecule has 2 aromatic heterocycles. The number of aliphatic hydroxyl groups is 1. The number of methoxy groups -OCH3 is 2. The predicted molar refractivity (Wildman–Crippen MR) is 105 cm³/mol. The highest BCUT2D eigenvalue weighted by atomic mass is 32.1. The van der Waals surface area contributed by atoms with E-state index in [1.165, 1.54) is 15.9 Å². The molecule has 9 heteroatoms. The molecule has 150 valence electrons. The first-order chi connectivity index (χ1) is 13.5. The Morgan fingerprint density at radius 3 is 2.54 bits per heavy atom. The second kappa shape index (κ2) is 7.57. The number of likely N-dealkylation sites (tertiary alicyclic amines) is 1. The quantitative estimate of drug-likeness (QED) is 0.674. The first-order valence-electron chi connectivity index (χ1n) is 9.21. The Balaban J connectivity index is 1.81. The fraction of sp³-hybridized carbons (Fsp3) is 0.474. The van der Waals surface area contributed by atoms with Crippen LogP contribution < -0.4 is 9.47 Å². The molecule has 0 aliphatic carbocycles. The number of fused-ring (bicyclic) bond motifs is 1. The summed E-state index contributed by atoms with van der Waals surface area (Å²) in [6, 6.07) is 5.60. The third kappa shape index (κ3) is 3.30. The van der Waals surface area contributed by atoms with E-state index in [1.54, 1.807) is 21.1 Å². The molecule has 0 saturated carbocycles. The van der Waals surface area contributed by atoms with Crippen molar-refractivity contribution in [2.75, 3.05) is 27.3 Å². The van der Waals surface area contributed by atoms with Gasteiger partial charge in [-0.3, -0.25) is 4.90 Å². The van der Waals surface area contributed by atoms with E-state index in [1.807, 2.05) is 18.2 Å². The molecule has 1 aliphatic rings. The Kier molecular flexibility index (Phi) is 5.13. The van der Waals surface area contributed by atoms with Gasteiger partial charge in [0.2, 0.25) is 10.8 Å². The summed E-state index contributed by atoms with van der Waals surface area (Å²) in [5.41, 5.74) is 0.977. The van der Waals surface area contributed by atoms with Gasteiger partial charge in [-0.25, -0.2) is 4.98 Å². The second-order valence-electron chi connectivity index (χ2n) is 6.93. The molecule has 3 aromatic rings. The summed E-state index contributed by atoms with van der Waals surface area (Å²) in [4.78, 5) is 8.10. The van der Waals surface area contributed by atoms with Crippen molar-refractivity contribution in [2.45, 2.75) is 31.9 Å². The van der Waals surface area contributed by atoms with E-state index >= 15 is 0 Å². The van der Waals surface area contributed by atoms with Crippen LogP contribution in [0.25, 0.3) is 4.96 Å². The first-order valence-corrected chi connectivity index (χ1v) is 10.0. The van der Waals surface area contributed by atoms with Gasteiger partial charge < -0.3 is 19.7 Å². The van der Waals surface area contributed by atoms with E-state index in [2.05, 4.69) is 15.0 Å². The summed E-state index contributed by atoms with van der Waals surface area (Å²) in [6.45, 7) is 3.26. The van der Waals surface area contributed by atoms with Crippen molar-refractivity contribution in [1.82, 2.24) is 19.5 Å². The number of rotatable bonds is 5. The number of aromatic nitrogens is 3. The normalized spacial score (nSPS) is 17.1. The van der Waals surface area contributed by atoms with Crippen molar-refractivity contribution in [3.8, 4) is 17.4 Å². The highest BCUT2D eigenvalue weighted by Crippen LogP contribution is 2.42. The van der Waals surface area contributed by atoms with Gasteiger partial charge in [0.1, 0.15) is 5.82 Å². The van der Waals surface area contributed by atoms with Crippen LogP contribution in [0, 0.1) is 6.92 Å². The summed E-state index contributed by atoms with van der Waals surface area (Å²) in [6.07, 6.45) is 1.12. The predicted octanol–water partition coefficient (Wildman–Crippen LogP) is 2.37.